The normalized spacial score (nSPS) is 26.4. The van der Waals surface area contributed by atoms with E-state index in [1.54, 1.807) is 0 Å². The zero-order valence-corrected chi connectivity index (χ0v) is 16.1. The quantitative estimate of drug-likeness (QED) is 0.868. The first kappa shape index (κ1) is 17.5. The van der Waals surface area contributed by atoms with Crippen LogP contribution in [0.1, 0.15) is 37.3 Å². The van der Waals surface area contributed by atoms with E-state index < -0.39 is 0 Å². The van der Waals surface area contributed by atoms with Crippen LogP contribution in [0.4, 0.5) is 4.79 Å². The van der Waals surface area contributed by atoms with Gasteiger partial charge in [0.2, 0.25) is 0 Å². The molecule has 4 rings (SSSR count). The number of hydrogen-bond donors (Lipinski definition) is 1. The largest absolute Gasteiger partial charge is 0.321 e. The van der Waals surface area contributed by atoms with Crippen molar-refractivity contribution in [3.05, 3.63) is 34.9 Å². The van der Waals surface area contributed by atoms with Crippen LogP contribution in [0.5, 0.6) is 0 Å². The summed E-state index contributed by atoms with van der Waals surface area (Å²) >= 11 is 8.26. The summed E-state index contributed by atoms with van der Waals surface area (Å²) in [6.45, 7) is 2.80. The van der Waals surface area contributed by atoms with Gasteiger partial charge in [-0.15, -0.1) is 0 Å². The molecule has 1 aromatic carbocycles. The summed E-state index contributed by atoms with van der Waals surface area (Å²) in [6, 6.07) is 9.18. The molecule has 1 N–H and O–H groups in total. The van der Waals surface area contributed by atoms with E-state index in [-0.39, 0.29) is 12.1 Å². The Bertz CT molecular complexity index is 616. The van der Waals surface area contributed by atoms with Gasteiger partial charge < -0.3 is 15.1 Å². The van der Waals surface area contributed by atoms with Gasteiger partial charge in [-0.1, -0.05) is 23.7 Å². The van der Waals surface area contributed by atoms with Crippen molar-refractivity contribution >= 4 is 29.4 Å². The van der Waals surface area contributed by atoms with Crippen LogP contribution >= 0.6 is 23.4 Å². The summed E-state index contributed by atoms with van der Waals surface area (Å²) in [5.41, 5.74) is 1.17. The second kappa shape index (κ2) is 7.77. The first-order valence-corrected chi connectivity index (χ1v) is 10.9. The molecule has 6 heteroatoms. The van der Waals surface area contributed by atoms with Gasteiger partial charge in [0.25, 0.3) is 0 Å². The second-order valence-corrected chi connectivity index (χ2v) is 8.90. The van der Waals surface area contributed by atoms with Gasteiger partial charge in [0.1, 0.15) is 0 Å². The monoisotopic (exact) mass is 379 g/mol. The minimum absolute atomic E-state index is 0.129. The smallest absolute Gasteiger partial charge is 0.319 e. The maximum absolute atomic E-state index is 13.4. The lowest BCUT2D eigenvalue weighted by Gasteiger charge is -2.36. The van der Waals surface area contributed by atoms with Crippen LogP contribution in [-0.4, -0.2) is 59.1 Å². The Kier molecular flexibility index (Phi) is 5.44. The van der Waals surface area contributed by atoms with Crippen molar-refractivity contribution in [3.8, 4) is 0 Å². The summed E-state index contributed by atoms with van der Waals surface area (Å²) in [7, 11) is 0. The molecule has 1 aromatic rings. The van der Waals surface area contributed by atoms with Gasteiger partial charge in [0.15, 0.2) is 0 Å². The number of halogens is 1. The number of thioether (sulfide) groups is 1. The predicted octanol–water partition coefficient (Wildman–Crippen LogP) is 3.77. The number of urea groups is 1. The Balaban J connectivity index is 1.62. The molecule has 4 nitrogen and oxygen atoms in total. The first-order chi connectivity index (χ1) is 12.2. The fourth-order valence-corrected chi connectivity index (χ4v) is 5.69. The van der Waals surface area contributed by atoms with Crippen LogP contribution in [0.25, 0.3) is 0 Å². The van der Waals surface area contributed by atoms with Gasteiger partial charge in [0.05, 0.1) is 6.04 Å². The summed E-state index contributed by atoms with van der Waals surface area (Å²) < 4.78 is 0. The minimum Gasteiger partial charge on any atom is -0.319 e. The molecule has 136 valence electrons. The van der Waals surface area contributed by atoms with E-state index in [9.17, 15) is 4.79 Å². The van der Waals surface area contributed by atoms with E-state index in [4.69, 9.17) is 11.6 Å². The Hall–Kier alpha value is -0.910. The fourth-order valence-electron chi connectivity index (χ4n) is 4.41. The number of nitrogens with one attached hydrogen (secondary N) is 1. The van der Waals surface area contributed by atoms with Crippen LogP contribution in [0.3, 0.4) is 0 Å². The van der Waals surface area contributed by atoms with Crippen molar-refractivity contribution in [2.45, 2.75) is 43.8 Å². The SMILES string of the molecule is O=C1N(C2CCSCC2)CC(c2cccc(Cl)c2)N1C1CCNCC1. The third kappa shape index (κ3) is 3.64. The van der Waals surface area contributed by atoms with Crippen molar-refractivity contribution in [3.63, 3.8) is 0 Å². The molecule has 3 heterocycles. The lowest BCUT2D eigenvalue weighted by Crippen LogP contribution is -2.47. The van der Waals surface area contributed by atoms with Gasteiger partial charge in [-0.05, 0) is 68.0 Å². The second-order valence-electron chi connectivity index (χ2n) is 7.24. The number of hydrogen-bond acceptors (Lipinski definition) is 3. The van der Waals surface area contributed by atoms with Gasteiger partial charge >= 0.3 is 6.03 Å². The Morgan fingerprint density at radius 1 is 1.08 bits per heavy atom. The van der Waals surface area contributed by atoms with Gasteiger partial charge in [-0.25, -0.2) is 4.79 Å². The molecule has 1 unspecified atom stereocenters. The van der Waals surface area contributed by atoms with Crippen molar-refractivity contribution in [2.75, 3.05) is 31.1 Å². The lowest BCUT2D eigenvalue weighted by atomic mass is 10.00. The molecule has 0 bridgehead atoms. The lowest BCUT2D eigenvalue weighted by molar-refractivity contribution is 0.143. The van der Waals surface area contributed by atoms with Gasteiger partial charge in [0, 0.05) is 23.7 Å². The van der Waals surface area contributed by atoms with Crippen molar-refractivity contribution in [1.29, 1.82) is 0 Å². The van der Waals surface area contributed by atoms with Gasteiger partial charge in [-0.2, -0.15) is 11.8 Å². The topological polar surface area (TPSA) is 35.6 Å². The Labute approximate surface area is 159 Å². The highest BCUT2D eigenvalue weighted by Crippen LogP contribution is 2.37. The van der Waals surface area contributed by atoms with E-state index >= 15 is 0 Å². The molecule has 0 aliphatic carbocycles. The summed E-state index contributed by atoms with van der Waals surface area (Å²) in [5.74, 6) is 2.34. The molecule has 2 amide bonds. The van der Waals surface area contributed by atoms with E-state index in [1.807, 2.05) is 30.0 Å². The maximum Gasteiger partial charge on any atom is 0.321 e. The zero-order valence-electron chi connectivity index (χ0n) is 14.5. The van der Waals surface area contributed by atoms with Gasteiger partial charge in [-0.3, -0.25) is 0 Å². The third-order valence-electron chi connectivity index (χ3n) is 5.74. The van der Waals surface area contributed by atoms with Crippen LogP contribution in [-0.2, 0) is 0 Å². The van der Waals surface area contributed by atoms with Crippen molar-refractivity contribution < 1.29 is 4.79 Å². The molecule has 0 radical (unpaired) electrons. The van der Waals surface area contributed by atoms with Crippen LogP contribution < -0.4 is 5.32 Å². The van der Waals surface area contributed by atoms with E-state index in [2.05, 4.69) is 21.2 Å². The van der Waals surface area contributed by atoms with E-state index in [0.29, 0.717) is 12.1 Å². The average Bonchev–Trinajstić information content (AvgIpc) is 3.00. The minimum atomic E-state index is 0.129. The highest BCUT2D eigenvalue weighted by Gasteiger charge is 2.44. The zero-order chi connectivity index (χ0) is 17.2. The summed E-state index contributed by atoms with van der Waals surface area (Å²) in [6.07, 6.45) is 4.33. The Morgan fingerprint density at radius 2 is 1.84 bits per heavy atom. The molecular formula is C19H26ClN3OS. The number of carbonyl (C=O) groups excluding carboxylic acids is 1. The fraction of sp³-hybridized carbons (Fsp3) is 0.632. The molecule has 0 saturated carbocycles. The van der Waals surface area contributed by atoms with Crippen LogP contribution in [0.15, 0.2) is 24.3 Å². The van der Waals surface area contributed by atoms with E-state index in [0.717, 1.165) is 50.3 Å². The van der Waals surface area contributed by atoms with Crippen LogP contribution in [0.2, 0.25) is 5.02 Å². The molecular weight excluding hydrogens is 354 g/mol. The standard InChI is InChI=1S/C19H26ClN3OS/c20-15-3-1-2-14(12-15)18-13-22(16-6-10-25-11-7-16)19(24)23(18)17-4-8-21-9-5-17/h1-3,12,16-18,21H,4-11,13H2. The molecule has 1 atom stereocenters. The Morgan fingerprint density at radius 3 is 2.56 bits per heavy atom. The highest BCUT2D eigenvalue weighted by atomic mass is 35.5. The number of amides is 2. The summed E-state index contributed by atoms with van der Waals surface area (Å²) in [4.78, 5) is 17.7. The third-order valence-corrected chi connectivity index (χ3v) is 7.02. The number of nitrogens with zero attached hydrogens (tertiary/aromatic N) is 2. The number of carbonyl (C=O) groups is 1. The number of piperidine rings is 1. The first-order valence-electron chi connectivity index (χ1n) is 9.37. The molecule has 0 spiro atoms. The molecule has 3 aliphatic rings. The molecule has 3 fully saturated rings. The summed E-state index contributed by atoms with van der Waals surface area (Å²) in [5, 5.41) is 4.17. The maximum atomic E-state index is 13.4. The average molecular weight is 380 g/mol. The highest BCUT2D eigenvalue weighted by molar-refractivity contribution is 7.99. The number of rotatable bonds is 3. The number of benzene rings is 1. The van der Waals surface area contributed by atoms with Crippen molar-refractivity contribution in [2.24, 2.45) is 0 Å². The molecule has 0 aromatic heterocycles. The molecule has 25 heavy (non-hydrogen) atoms. The van der Waals surface area contributed by atoms with Crippen molar-refractivity contribution in [1.82, 2.24) is 15.1 Å². The van der Waals surface area contributed by atoms with Crippen LogP contribution in [0, 0.1) is 0 Å². The van der Waals surface area contributed by atoms with E-state index in [1.165, 1.54) is 17.1 Å². The molecule has 3 aliphatic heterocycles. The predicted molar refractivity (Wildman–Crippen MR) is 104 cm³/mol. The molecule has 3 saturated heterocycles.